The maximum atomic E-state index is 13.7. The molecule has 1 saturated heterocycles. The zero-order valence-electron chi connectivity index (χ0n) is 21.6. The maximum absolute atomic E-state index is 13.7. The molecule has 35 heavy (non-hydrogen) atoms. The lowest BCUT2D eigenvalue weighted by Crippen LogP contribution is -2.39. The van der Waals surface area contributed by atoms with Gasteiger partial charge in [0.25, 0.3) is 0 Å². The highest BCUT2D eigenvalue weighted by atomic mass is 16.7. The summed E-state index contributed by atoms with van der Waals surface area (Å²) in [7, 11) is 0. The van der Waals surface area contributed by atoms with Gasteiger partial charge in [0.2, 0.25) is 0 Å². The van der Waals surface area contributed by atoms with Crippen molar-refractivity contribution in [3.05, 3.63) is 59.7 Å². The Labute approximate surface area is 211 Å². The Morgan fingerprint density at radius 3 is 2.71 bits per heavy atom. The standard InChI is InChI=1S/C31H42O4/c1-22-13-15-31(34-16-17-35-31)19-25(22)18-29(32)26-10-7-14-30(3)27(11-12-28(26)30)23(2)20-33-21-24-8-5-4-6-9-24/h4-6,8-10,23,25,27-28H,1,7,11-21H2,2-3H3/t23-,25-,27-,28-,30-/m1/s1. The average Bonchev–Trinajstić information content (AvgIpc) is 3.46. The van der Waals surface area contributed by atoms with Crippen LogP contribution in [-0.2, 0) is 25.6 Å². The summed E-state index contributed by atoms with van der Waals surface area (Å²) in [6, 6.07) is 10.4. The third-order valence-corrected chi connectivity index (χ3v) is 9.54. The summed E-state index contributed by atoms with van der Waals surface area (Å²) < 4.78 is 18.1. The van der Waals surface area contributed by atoms with Crippen LogP contribution in [0.4, 0.5) is 0 Å². The average molecular weight is 479 g/mol. The number of Topliss-reactive ketones (excluding diaryl/α,β-unsaturated/α-hetero) is 1. The second-order valence-corrected chi connectivity index (χ2v) is 11.7. The number of hydrogen-bond donors (Lipinski definition) is 0. The summed E-state index contributed by atoms with van der Waals surface area (Å²) in [5.41, 5.74) is 3.69. The van der Waals surface area contributed by atoms with Crippen LogP contribution >= 0.6 is 0 Å². The number of ketones is 1. The normalized spacial score (nSPS) is 32.9. The molecule has 0 unspecified atom stereocenters. The van der Waals surface area contributed by atoms with Gasteiger partial charge in [0.05, 0.1) is 19.8 Å². The van der Waals surface area contributed by atoms with Crippen molar-refractivity contribution in [1.29, 1.82) is 0 Å². The quantitative estimate of drug-likeness (QED) is 0.392. The first-order valence-corrected chi connectivity index (χ1v) is 13.7. The summed E-state index contributed by atoms with van der Waals surface area (Å²) in [6.45, 7) is 11.9. The second-order valence-electron chi connectivity index (χ2n) is 11.7. The molecule has 4 aliphatic rings. The summed E-state index contributed by atoms with van der Waals surface area (Å²) in [6.07, 6.45) is 9.81. The van der Waals surface area contributed by atoms with Crippen LogP contribution in [0.3, 0.4) is 0 Å². The number of hydrogen-bond acceptors (Lipinski definition) is 4. The van der Waals surface area contributed by atoms with E-state index in [1.165, 1.54) is 24.0 Å². The van der Waals surface area contributed by atoms with Crippen LogP contribution in [0.15, 0.2) is 54.1 Å². The minimum absolute atomic E-state index is 0.158. The van der Waals surface area contributed by atoms with Gasteiger partial charge in [-0.15, -0.1) is 0 Å². The van der Waals surface area contributed by atoms with E-state index >= 15 is 0 Å². The van der Waals surface area contributed by atoms with Crippen LogP contribution in [-0.4, -0.2) is 31.4 Å². The van der Waals surface area contributed by atoms with E-state index in [9.17, 15) is 4.79 Å². The summed E-state index contributed by atoms with van der Waals surface area (Å²) in [5.74, 6) is 1.46. The van der Waals surface area contributed by atoms with Crippen LogP contribution in [0.2, 0.25) is 0 Å². The first-order valence-electron chi connectivity index (χ1n) is 13.7. The van der Waals surface area contributed by atoms with E-state index in [0.29, 0.717) is 49.8 Å². The molecule has 1 heterocycles. The smallest absolute Gasteiger partial charge is 0.169 e. The minimum atomic E-state index is -0.477. The van der Waals surface area contributed by atoms with E-state index < -0.39 is 5.79 Å². The van der Waals surface area contributed by atoms with E-state index in [4.69, 9.17) is 14.2 Å². The van der Waals surface area contributed by atoms with Gasteiger partial charge in [-0.05, 0) is 72.3 Å². The third-order valence-electron chi connectivity index (χ3n) is 9.54. The highest BCUT2D eigenvalue weighted by Gasteiger charge is 2.52. The van der Waals surface area contributed by atoms with E-state index in [1.54, 1.807) is 0 Å². The molecule has 3 fully saturated rings. The molecule has 4 heteroatoms. The number of fused-ring (bicyclic) bond motifs is 1. The molecule has 0 N–H and O–H groups in total. The number of allylic oxidation sites excluding steroid dienone is 3. The molecule has 1 aromatic rings. The number of carbonyl (C=O) groups excluding carboxylic acids is 1. The topological polar surface area (TPSA) is 44.8 Å². The van der Waals surface area contributed by atoms with Crippen molar-refractivity contribution in [3.8, 4) is 0 Å². The molecule has 3 aliphatic carbocycles. The zero-order valence-corrected chi connectivity index (χ0v) is 21.6. The molecule has 190 valence electrons. The molecule has 5 rings (SSSR count). The summed E-state index contributed by atoms with van der Waals surface area (Å²) in [5, 5.41) is 0. The minimum Gasteiger partial charge on any atom is -0.376 e. The van der Waals surface area contributed by atoms with Gasteiger partial charge in [0.15, 0.2) is 11.6 Å². The van der Waals surface area contributed by atoms with Gasteiger partial charge in [-0.1, -0.05) is 62.4 Å². The second kappa shape index (κ2) is 10.3. The Morgan fingerprint density at radius 1 is 1.17 bits per heavy atom. The van der Waals surface area contributed by atoms with E-state index in [1.807, 2.05) is 6.07 Å². The zero-order chi connectivity index (χ0) is 24.5. The number of ether oxygens (including phenoxy) is 3. The Bertz CT molecular complexity index is 944. The van der Waals surface area contributed by atoms with Crippen LogP contribution in [0, 0.1) is 29.1 Å². The van der Waals surface area contributed by atoms with Crippen molar-refractivity contribution in [2.75, 3.05) is 19.8 Å². The van der Waals surface area contributed by atoms with Crippen molar-refractivity contribution in [1.82, 2.24) is 0 Å². The molecule has 0 aromatic heterocycles. The Hall–Kier alpha value is -1.75. The Kier molecular flexibility index (Phi) is 7.35. The molecule has 1 aliphatic heterocycles. The molecule has 0 bridgehead atoms. The van der Waals surface area contributed by atoms with Crippen molar-refractivity contribution in [2.24, 2.45) is 29.1 Å². The Balaban J connectivity index is 1.20. The molecule has 5 atom stereocenters. The third kappa shape index (κ3) is 5.08. The predicted molar refractivity (Wildman–Crippen MR) is 138 cm³/mol. The first-order chi connectivity index (χ1) is 16.9. The number of rotatable bonds is 8. The summed E-state index contributed by atoms with van der Waals surface area (Å²) in [4.78, 5) is 13.7. The van der Waals surface area contributed by atoms with Gasteiger partial charge >= 0.3 is 0 Å². The number of carbonyl (C=O) groups is 1. The summed E-state index contributed by atoms with van der Waals surface area (Å²) >= 11 is 0. The van der Waals surface area contributed by atoms with E-state index in [0.717, 1.165) is 44.3 Å². The van der Waals surface area contributed by atoms with Crippen molar-refractivity contribution < 1.29 is 19.0 Å². The maximum Gasteiger partial charge on any atom is 0.169 e. The van der Waals surface area contributed by atoms with Gasteiger partial charge in [0, 0.05) is 25.9 Å². The van der Waals surface area contributed by atoms with Gasteiger partial charge < -0.3 is 14.2 Å². The predicted octanol–water partition coefficient (Wildman–Crippen LogP) is 6.65. The van der Waals surface area contributed by atoms with Crippen molar-refractivity contribution in [3.63, 3.8) is 0 Å². The fraction of sp³-hybridized carbons (Fsp3) is 0.645. The molecule has 0 amide bonds. The fourth-order valence-corrected chi connectivity index (χ4v) is 7.61. The lowest BCUT2D eigenvalue weighted by atomic mass is 9.61. The highest BCUT2D eigenvalue weighted by Crippen LogP contribution is 2.58. The van der Waals surface area contributed by atoms with Gasteiger partial charge in [-0.3, -0.25) is 4.79 Å². The van der Waals surface area contributed by atoms with Crippen LogP contribution < -0.4 is 0 Å². The largest absolute Gasteiger partial charge is 0.376 e. The monoisotopic (exact) mass is 478 g/mol. The Morgan fingerprint density at radius 2 is 1.94 bits per heavy atom. The van der Waals surface area contributed by atoms with Crippen molar-refractivity contribution in [2.45, 2.75) is 77.6 Å². The van der Waals surface area contributed by atoms with Crippen molar-refractivity contribution >= 4 is 5.78 Å². The van der Waals surface area contributed by atoms with Crippen LogP contribution in [0.1, 0.15) is 70.8 Å². The lowest BCUT2D eigenvalue weighted by Gasteiger charge is -2.43. The van der Waals surface area contributed by atoms with E-state index in [2.05, 4.69) is 50.8 Å². The molecular formula is C31H42O4. The fourth-order valence-electron chi connectivity index (χ4n) is 7.61. The molecule has 0 radical (unpaired) electrons. The van der Waals surface area contributed by atoms with Gasteiger partial charge in [-0.2, -0.15) is 0 Å². The SMILES string of the molecule is C=C1CCC2(C[C@H]1CC(=O)C1=CCC[C@@]3(C)[C@@H]1CC[C@@H]3[C@H](C)COCc1ccccc1)OCCO2. The highest BCUT2D eigenvalue weighted by molar-refractivity contribution is 5.96. The molecule has 2 saturated carbocycles. The van der Waals surface area contributed by atoms with Gasteiger partial charge in [-0.25, -0.2) is 0 Å². The molecule has 1 aromatic carbocycles. The number of benzene rings is 1. The lowest BCUT2D eigenvalue weighted by molar-refractivity contribution is -0.180. The van der Waals surface area contributed by atoms with Crippen LogP contribution in [0.5, 0.6) is 0 Å². The first kappa shape index (κ1) is 24.9. The molecule has 4 nitrogen and oxygen atoms in total. The van der Waals surface area contributed by atoms with E-state index in [-0.39, 0.29) is 11.3 Å². The molecular weight excluding hydrogens is 436 g/mol. The van der Waals surface area contributed by atoms with Gasteiger partial charge in [0.1, 0.15) is 0 Å². The van der Waals surface area contributed by atoms with Crippen LogP contribution in [0.25, 0.3) is 0 Å². The molecule has 1 spiro atoms.